The number of hydrogen-bond acceptors (Lipinski definition) is 2. The van der Waals surface area contributed by atoms with Crippen LogP contribution < -0.4 is 10.4 Å². The maximum atomic E-state index is 3.27. The molecule has 0 saturated carbocycles. The molecule has 1 aliphatic rings. The fourth-order valence-corrected chi connectivity index (χ4v) is 1.67. The molecule has 0 unspecified atom stereocenters. The molecule has 2 N–H and O–H groups in total. The second kappa shape index (κ2) is 2.83. The lowest BCUT2D eigenvalue weighted by atomic mass is 10.0. The molecule has 13 heavy (non-hydrogen) atoms. The number of H-pyrrole nitrogens is 1. The molecule has 2 rings (SSSR count). The van der Waals surface area contributed by atoms with E-state index in [0.29, 0.717) is 5.92 Å². The molecule has 0 atom stereocenters. The summed E-state index contributed by atoms with van der Waals surface area (Å²) in [4.78, 5) is 3.27. The van der Waals surface area contributed by atoms with Crippen molar-refractivity contribution in [2.75, 3.05) is 12.1 Å². The Bertz CT molecular complexity index is 336. The van der Waals surface area contributed by atoms with Crippen LogP contribution in [0.1, 0.15) is 30.9 Å². The molecule has 0 saturated heterocycles. The SMILES string of the molecule is CC(C)c1c[nH]c2c1C=CNN2C. The second-order valence-electron chi connectivity index (χ2n) is 3.68. The molecule has 0 aromatic carbocycles. The number of nitrogens with zero attached hydrogens (tertiary/aromatic N) is 1. The van der Waals surface area contributed by atoms with Gasteiger partial charge in [0.05, 0.1) is 0 Å². The van der Waals surface area contributed by atoms with Gasteiger partial charge in [-0.3, -0.25) is 5.01 Å². The third-order valence-electron chi connectivity index (χ3n) is 2.41. The van der Waals surface area contributed by atoms with Crippen LogP contribution in [0.2, 0.25) is 0 Å². The first-order valence-electron chi connectivity index (χ1n) is 4.58. The van der Waals surface area contributed by atoms with E-state index in [1.165, 1.54) is 11.1 Å². The average Bonchev–Trinajstić information content (AvgIpc) is 2.48. The molecule has 2 heterocycles. The summed E-state index contributed by atoms with van der Waals surface area (Å²) in [6.07, 6.45) is 6.16. The van der Waals surface area contributed by atoms with Gasteiger partial charge in [-0.1, -0.05) is 13.8 Å². The van der Waals surface area contributed by atoms with Gasteiger partial charge in [-0.2, -0.15) is 0 Å². The molecule has 0 aliphatic carbocycles. The molecule has 0 fully saturated rings. The number of anilines is 1. The molecule has 1 aromatic rings. The van der Waals surface area contributed by atoms with Crippen LogP contribution in [0.25, 0.3) is 6.08 Å². The van der Waals surface area contributed by atoms with Crippen molar-refractivity contribution in [3.05, 3.63) is 23.5 Å². The second-order valence-corrected chi connectivity index (χ2v) is 3.68. The van der Waals surface area contributed by atoms with Crippen LogP contribution in [0.4, 0.5) is 5.82 Å². The lowest BCUT2D eigenvalue weighted by Gasteiger charge is -2.22. The van der Waals surface area contributed by atoms with Crippen molar-refractivity contribution in [2.45, 2.75) is 19.8 Å². The van der Waals surface area contributed by atoms with Crippen molar-refractivity contribution in [1.82, 2.24) is 10.4 Å². The smallest absolute Gasteiger partial charge is 0.132 e. The van der Waals surface area contributed by atoms with E-state index in [0.717, 1.165) is 5.82 Å². The van der Waals surface area contributed by atoms with Crippen molar-refractivity contribution in [3.8, 4) is 0 Å². The third-order valence-corrected chi connectivity index (χ3v) is 2.41. The molecule has 0 bridgehead atoms. The minimum atomic E-state index is 0.566. The van der Waals surface area contributed by atoms with E-state index < -0.39 is 0 Å². The summed E-state index contributed by atoms with van der Waals surface area (Å²) in [6.45, 7) is 4.42. The minimum absolute atomic E-state index is 0.566. The first-order valence-corrected chi connectivity index (χ1v) is 4.58. The monoisotopic (exact) mass is 177 g/mol. The normalized spacial score (nSPS) is 14.6. The van der Waals surface area contributed by atoms with Gasteiger partial charge in [0, 0.05) is 25.0 Å². The average molecular weight is 177 g/mol. The van der Waals surface area contributed by atoms with E-state index in [1.54, 1.807) is 0 Å². The molecular formula is C10H15N3. The molecule has 3 heteroatoms. The number of aromatic nitrogens is 1. The van der Waals surface area contributed by atoms with E-state index in [9.17, 15) is 0 Å². The van der Waals surface area contributed by atoms with Gasteiger partial charge in [-0.05, 0) is 17.6 Å². The number of hydrazine groups is 1. The van der Waals surface area contributed by atoms with Gasteiger partial charge in [0.1, 0.15) is 5.82 Å². The molecule has 0 amide bonds. The Morgan fingerprint density at radius 2 is 2.15 bits per heavy atom. The van der Waals surface area contributed by atoms with E-state index in [-0.39, 0.29) is 0 Å². The predicted octanol–water partition coefficient (Wildman–Crippen LogP) is 2.06. The Hall–Kier alpha value is -1.38. The maximum absolute atomic E-state index is 3.27. The van der Waals surface area contributed by atoms with Crippen molar-refractivity contribution < 1.29 is 0 Å². The summed E-state index contributed by atoms with van der Waals surface area (Å²) in [6, 6.07) is 0. The zero-order valence-electron chi connectivity index (χ0n) is 8.26. The predicted molar refractivity (Wildman–Crippen MR) is 55.5 cm³/mol. The summed E-state index contributed by atoms with van der Waals surface area (Å²) >= 11 is 0. The molecule has 3 nitrogen and oxygen atoms in total. The van der Waals surface area contributed by atoms with Crippen LogP contribution >= 0.6 is 0 Å². The Kier molecular flexibility index (Phi) is 1.79. The van der Waals surface area contributed by atoms with Gasteiger partial charge in [-0.15, -0.1) is 0 Å². The molecule has 70 valence electrons. The largest absolute Gasteiger partial charge is 0.346 e. The van der Waals surface area contributed by atoms with Gasteiger partial charge in [0.15, 0.2) is 0 Å². The fraction of sp³-hybridized carbons (Fsp3) is 0.400. The Morgan fingerprint density at radius 3 is 2.85 bits per heavy atom. The topological polar surface area (TPSA) is 31.1 Å². The third kappa shape index (κ3) is 1.20. The minimum Gasteiger partial charge on any atom is -0.346 e. The highest BCUT2D eigenvalue weighted by atomic mass is 15.5. The van der Waals surface area contributed by atoms with E-state index in [1.807, 2.05) is 18.3 Å². The molecule has 1 aliphatic heterocycles. The number of rotatable bonds is 1. The van der Waals surface area contributed by atoms with Crippen LogP contribution in [0.3, 0.4) is 0 Å². The zero-order chi connectivity index (χ0) is 9.42. The number of aromatic amines is 1. The quantitative estimate of drug-likeness (QED) is 0.688. The highest BCUT2D eigenvalue weighted by Crippen LogP contribution is 2.29. The highest BCUT2D eigenvalue weighted by Gasteiger charge is 2.16. The lowest BCUT2D eigenvalue weighted by Crippen LogP contribution is -2.32. The van der Waals surface area contributed by atoms with Crippen molar-refractivity contribution in [3.63, 3.8) is 0 Å². The van der Waals surface area contributed by atoms with Crippen LogP contribution in [0, 0.1) is 0 Å². The van der Waals surface area contributed by atoms with Crippen molar-refractivity contribution in [1.29, 1.82) is 0 Å². The summed E-state index contributed by atoms with van der Waals surface area (Å²) < 4.78 is 0. The summed E-state index contributed by atoms with van der Waals surface area (Å²) in [5, 5.41) is 1.99. The van der Waals surface area contributed by atoms with Crippen LogP contribution in [-0.2, 0) is 0 Å². The van der Waals surface area contributed by atoms with Crippen LogP contribution in [0.5, 0.6) is 0 Å². The highest BCUT2D eigenvalue weighted by molar-refractivity contribution is 5.70. The van der Waals surface area contributed by atoms with Gasteiger partial charge in [-0.25, -0.2) is 0 Å². The Labute approximate surface area is 78.4 Å². The van der Waals surface area contributed by atoms with E-state index in [2.05, 4.69) is 36.5 Å². The lowest BCUT2D eigenvalue weighted by molar-refractivity contribution is 0.814. The first-order chi connectivity index (χ1) is 6.20. The van der Waals surface area contributed by atoms with Gasteiger partial charge < -0.3 is 10.4 Å². The number of hydrogen-bond donors (Lipinski definition) is 2. The van der Waals surface area contributed by atoms with Gasteiger partial charge in [0.25, 0.3) is 0 Å². The van der Waals surface area contributed by atoms with Crippen molar-refractivity contribution in [2.24, 2.45) is 0 Å². The van der Waals surface area contributed by atoms with E-state index in [4.69, 9.17) is 0 Å². The summed E-state index contributed by atoms with van der Waals surface area (Å²) in [5.74, 6) is 1.71. The molecular weight excluding hydrogens is 162 g/mol. The van der Waals surface area contributed by atoms with Crippen LogP contribution in [0.15, 0.2) is 12.4 Å². The standard InChI is InChI=1S/C10H15N3/c1-7(2)9-6-11-10-8(9)4-5-12-13(10)3/h4-7,11-12H,1-3H3. The van der Waals surface area contributed by atoms with Gasteiger partial charge in [0.2, 0.25) is 0 Å². The Balaban J connectivity index is 2.49. The molecule has 0 spiro atoms. The fourth-order valence-electron chi connectivity index (χ4n) is 1.67. The van der Waals surface area contributed by atoms with E-state index >= 15 is 0 Å². The summed E-state index contributed by atoms with van der Waals surface area (Å²) in [5.41, 5.74) is 5.79. The van der Waals surface area contributed by atoms with Gasteiger partial charge >= 0.3 is 0 Å². The maximum Gasteiger partial charge on any atom is 0.132 e. The van der Waals surface area contributed by atoms with Crippen LogP contribution in [-0.4, -0.2) is 12.0 Å². The zero-order valence-corrected chi connectivity index (χ0v) is 8.26. The number of fused-ring (bicyclic) bond motifs is 1. The number of nitrogens with one attached hydrogen (secondary N) is 2. The Morgan fingerprint density at radius 1 is 1.38 bits per heavy atom. The molecule has 0 radical (unpaired) electrons. The molecule has 1 aromatic heterocycles. The van der Waals surface area contributed by atoms with Crippen molar-refractivity contribution >= 4 is 11.9 Å². The first kappa shape index (κ1) is 8.23. The summed E-state index contributed by atoms with van der Waals surface area (Å²) in [7, 11) is 2.00.